The van der Waals surface area contributed by atoms with E-state index in [1.807, 2.05) is 23.3 Å². The highest BCUT2D eigenvalue weighted by molar-refractivity contribution is 5.52. The van der Waals surface area contributed by atoms with E-state index in [1.165, 1.54) is 0 Å². The fourth-order valence-electron chi connectivity index (χ4n) is 2.14. The van der Waals surface area contributed by atoms with E-state index in [0.717, 1.165) is 31.5 Å². The molecule has 108 valence electrons. The summed E-state index contributed by atoms with van der Waals surface area (Å²) in [6, 6.07) is 1.76. The maximum absolute atomic E-state index is 8.86. The number of unbranched alkanes of at least 4 members (excludes halogenated alkanes) is 1. The summed E-state index contributed by atoms with van der Waals surface area (Å²) in [5.41, 5.74) is 13.7. The minimum absolute atomic E-state index is 0.163. The summed E-state index contributed by atoms with van der Waals surface area (Å²) in [5.74, 6) is 0. The van der Waals surface area contributed by atoms with Crippen molar-refractivity contribution in [1.82, 2.24) is 9.55 Å². The fourth-order valence-corrected chi connectivity index (χ4v) is 2.14. The fraction of sp³-hybridized carbons (Fsp3) is 0.429. The van der Waals surface area contributed by atoms with Gasteiger partial charge in [0.25, 0.3) is 0 Å². The van der Waals surface area contributed by atoms with E-state index in [9.17, 15) is 0 Å². The molecule has 0 fully saturated rings. The second kappa shape index (κ2) is 6.91. The number of anilines is 2. The second-order valence-electron chi connectivity index (χ2n) is 4.87. The summed E-state index contributed by atoms with van der Waals surface area (Å²) in [6.45, 7) is 1.75. The molecular weight excluding hydrogens is 254 g/mol. The number of aliphatic hydroxyl groups excluding tert-OH is 1. The normalized spacial score (nSPS) is 10.8. The van der Waals surface area contributed by atoms with Crippen LogP contribution in [0, 0.1) is 0 Å². The van der Waals surface area contributed by atoms with Crippen molar-refractivity contribution in [2.24, 2.45) is 0 Å². The number of nitrogens with two attached hydrogens (primary N) is 2. The van der Waals surface area contributed by atoms with Crippen LogP contribution in [0.5, 0.6) is 0 Å². The third kappa shape index (κ3) is 3.96. The van der Waals surface area contributed by atoms with Crippen molar-refractivity contribution in [3.63, 3.8) is 0 Å². The van der Waals surface area contributed by atoms with E-state index in [1.54, 1.807) is 12.3 Å². The van der Waals surface area contributed by atoms with Gasteiger partial charge in [0.05, 0.1) is 36.4 Å². The molecule has 0 aliphatic rings. The zero-order valence-electron chi connectivity index (χ0n) is 11.6. The van der Waals surface area contributed by atoms with Crippen LogP contribution in [0.4, 0.5) is 11.4 Å². The smallest absolute Gasteiger partial charge is 0.243 e. The standard InChI is InChI=1S/C14H22N5O/c15-12-9-13(16)14(17-10-12)3-1-2-4-18-5-6-19(11-18)7-8-20/h5-6,9-11,20H,1-4,7-8,15-16H2/q+1. The summed E-state index contributed by atoms with van der Waals surface area (Å²) in [6.07, 6.45) is 10.6. The Labute approximate surface area is 118 Å². The van der Waals surface area contributed by atoms with Crippen molar-refractivity contribution >= 4 is 11.4 Å². The SMILES string of the molecule is Nc1cnc(CCCC[n+]2ccn(CCO)c2)c(N)c1. The monoisotopic (exact) mass is 276 g/mol. The van der Waals surface area contributed by atoms with Gasteiger partial charge in [-0.25, -0.2) is 9.13 Å². The van der Waals surface area contributed by atoms with Crippen LogP contribution < -0.4 is 16.0 Å². The highest BCUT2D eigenvalue weighted by atomic mass is 16.3. The van der Waals surface area contributed by atoms with E-state index in [0.29, 0.717) is 17.9 Å². The van der Waals surface area contributed by atoms with Crippen LogP contribution in [0.2, 0.25) is 0 Å². The van der Waals surface area contributed by atoms with Gasteiger partial charge in [0.1, 0.15) is 18.9 Å². The number of aliphatic hydroxyl groups is 1. The van der Waals surface area contributed by atoms with Gasteiger partial charge in [-0.2, -0.15) is 0 Å². The van der Waals surface area contributed by atoms with Crippen LogP contribution in [-0.2, 0) is 19.5 Å². The van der Waals surface area contributed by atoms with Crippen molar-refractivity contribution in [1.29, 1.82) is 0 Å². The highest BCUT2D eigenvalue weighted by Gasteiger charge is 2.04. The summed E-state index contributed by atoms with van der Waals surface area (Å²) in [4.78, 5) is 4.26. The first-order valence-electron chi connectivity index (χ1n) is 6.84. The van der Waals surface area contributed by atoms with E-state index >= 15 is 0 Å². The Bertz CT molecular complexity index is 552. The molecular formula is C14H22N5O+. The molecule has 0 saturated carbocycles. The van der Waals surface area contributed by atoms with Gasteiger partial charge in [-0.15, -0.1) is 0 Å². The topological polar surface area (TPSA) is 94.0 Å². The molecule has 6 nitrogen and oxygen atoms in total. The van der Waals surface area contributed by atoms with Gasteiger partial charge in [-0.1, -0.05) is 0 Å². The van der Waals surface area contributed by atoms with E-state index < -0.39 is 0 Å². The number of nitrogens with zero attached hydrogens (tertiary/aromatic N) is 3. The molecule has 0 spiro atoms. The summed E-state index contributed by atoms with van der Waals surface area (Å²) >= 11 is 0. The lowest BCUT2D eigenvalue weighted by molar-refractivity contribution is -0.696. The molecule has 0 radical (unpaired) electrons. The van der Waals surface area contributed by atoms with Crippen molar-refractivity contribution in [3.05, 3.63) is 36.7 Å². The van der Waals surface area contributed by atoms with Gasteiger partial charge >= 0.3 is 0 Å². The molecule has 2 heterocycles. The number of aryl methyl sites for hydroxylation is 2. The lowest BCUT2D eigenvalue weighted by Gasteiger charge is -2.04. The number of rotatable bonds is 7. The average Bonchev–Trinajstić information content (AvgIpc) is 2.85. The maximum atomic E-state index is 8.86. The highest BCUT2D eigenvalue weighted by Crippen LogP contribution is 2.14. The van der Waals surface area contributed by atoms with Gasteiger partial charge < -0.3 is 16.6 Å². The van der Waals surface area contributed by atoms with Crippen LogP contribution in [0.15, 0.2) is 31.0 Å². The molecule has 0 bridgehead atoms. The Morgan fingerprint density at radius 2 is 2.15 bits per heavy atom. The quantitative estimate of drug-likeness (QED) is 0.502. The van der Waals surface area contributed by atoms with Crippen molar-refractivity contribution in [3.8, 4) is 0 Å². The Balaban J connectivity index is 1.75. The predicted molar refractivity (Wildman–Crippen MR) is 77.7 cm³/mol. The molecule has 0 aromatic carbocycles. The Morgan fingerprint density at radius 3 is 2.90 bits per heavy atom. The third-order valence-electron chi connectivity index (χ3n) is 3.21. The van der Waals surface area contributed by atoms with E-state index in [-0.39, 0.29) is 6.61 Å². The molecule has 5 N–H and O–H groups in total. The predicted octanol–water partition coefficient (Wildman–Crippen LogP) is 0.350. The number of pyridine rings is 1. The van der Waals surface area contributed by atoms with Crippen LogP contribution in [0.25, 0.3) is 0 Å². The number of nitrogen functional groups attached to an aromatic ring is 2. The Morgan fingerprint density at radius 1 is 1.30 bits per heavy atom. The van der Waals surface area contributed by atoms with Gasteiger partial charge in [0.15, 0.2) is 0 Å². The van der Waals surface area contributed by atoms with E-state index in [4.69, 9.17) is 16.6 Å². The molecule has 0 aliphatic carbocycles. The van der Waals surface area contributed by atoms with Crippen molar-refractivity contribution < 1.29 is 9.67 Å². The number of hydrogen-bond donors (Lipinski definition) is 3. The van der Waals surface area contributed by atoms with Crippen LogP contribution >= 0.6 is 0 Å². The van der Waals surface area contributed by atoms with Crippen LogP contribution in [0.3, 0.4) is 0 Å². The zero-order valence-corrected chi connectivity index (χ0v) is 11.6. The Hall–Kier alpha value is -2.08. The van der Waals surface area contributed by atoms with Crippen molar-refractivity contribution in [2.75, 3.05) is 18.1 Å². The molecule has 2 rings (SSSR count). The third-order valence-corrected chi connectivity index (χ3v) is 3.21. The number of imidazole rings is 1. The number of hydrogen-bond acceptors (Lipinski definition) is 4. The average molecular weight is 276 g/mol. The maximum Gasteiger partial charge on any atom is 0.243 e. The van der Waals surface area contributed by atoms with Crippen LogP contribution in [-0.4, -0.2) is 21.3 Å². The largest absolute Gasteiger partial charge is 0.397 e. The van der Waals surface area contributed by atoms with E-state index in [2.05, 4.69) is 9.55 Å². The van der Waals surface area contributed by atoms with Gasteiger partial charge in [-0.05, 0) is 25.3 Å². The lowest BCUT2D eigenvalue weighted by atomic mass is 10.1. The molecule has 0 saturated heterocycles. The lowest BCUT2D eigenvalue weighted by Crippen LogP contribution is -2.31. The second-order valence-corrected chi connectivity index (χ2v) is 4.87. The molecule has 20 heavy (non-hydrogen) atoms. The minimum atomic E-state index is 0.163. The summed E-state index contributed by atoms with van der Waals surface area (Å²) in [7, 11) is 0. The first-order chi connectivity index (χ1) is 9.69. The molecule has 0 aliphatic heterocycles. The van der Waals surface area contributed by atoms with Crippen molar-refractivity contribution in [2.45, 2.75) is 32.4 Å². The first-order valence-corrected chi connectivity index (χ1v) is 6.84. The molecule has 2 aromatic heterocycles. The van der Waals surface area contributed by atoms with Crippen LogP contribution in [0.1, 0.15) is 18.5 Å². The first kappa shape index (κ1) is 14.3. The van der Waals surface area contributed by atoms with Gasteiger partial charge in [0.2, 0.25) is 6.33 Å². The molecule has 0 unspecified atom stereocenters. The molecule has 0 atom stereocenters. The molecule has 6 heteroatoms. The Kier molecular flexibility index (Phi) is 4.95. The summed E-state index contributed by atoms with van der Waals surface area (Å²) in [5, 5.41) is 8.86. The van der Waals surface area contributed by atoms with Gasteiger partial charge in [0, 0.05) is 0 Å². The minimum Gasteiger partial charge on any atom is -0.397 e. The van der Waals surface area contributed by atoms with Gasteiger partial charge in [-0.3, -0.25) is 4.98 Å². The summed E-state index contributed by atoms with van der Waals surface area (Å²) < 4.78 is 4.09. The molecule has 2 aromatic rings. The molecule has 0 amide bonds. The zero-order chi connectivity index (χ0) is 14.4. The number of aromatic nitrogens is 3.